The van der Waals surface area contributed by atoms with Gasteiger partial charge < -0.3 is 5.32 Å². The monoisotopic (exact) mass is 412 g/mol. The predicted molar refractivity (Wildman–Crippen MR) is 110 cm³/mol. The number of aromatic amines is 1. The lowest BCUT2D eigenvalue weighted by Crippen LogP contribution is -2.18. The zero-order valence-electron chi connectivity index (χ0n) is 16.4. The van der Waals surface area contributed by atoms with Crippen molar-refractivity contribution in [2.75, 3.05) is 11.1 Å². The summed E-state index contributed by atoms with van der Waals surface area (Å²) >= 11 is 1.21. The standard InChI is InChI=1S/C20H21FN6OS/c1-4-6-17-23-20(26-25-17)29-11-18(28)24-19-16(10-22)12(2)13(3)27(19)15-8-5-7-14(21)9-15/h5,7-9H,4,6,11H2,1-3H3,(H,24,28)(H,23,25,26). The van der Waals surface area contributed by atoms with Gasteiger partial charge in [0, 0.05) is 12.1 Å². The van der Waals surface area contributed by atoms with E-state index in [1.54, 1.807) is 23.6 Å². The first-order valence-electron chi connectivity index (χ1n) is 9.16. The minimum absolute atomic E-state index is 0.0840. The Labute approximate surface area is 172 Å². The number of rotatable bonds is 7. The van der Waals surface area contributed by atoms with Gasteiger partial charge in [0.1, 0.15) is 23.5 Å². The molecule has 9 heteroatoms. The maximum absolute atomic E-state index is 13.7. The molecule has 0 bridgehead atoms. The Morgan fingerprint density at radius 1 is 1.41 bits per heavy atom. The lowest BCUT2D eigenvalue weighted by atomic mass is 10.2. The van der Waals surface area contributed by atoms with Crippen LogP contribution in [0.15, 0.2) is 29.4 Å². The number of hydrogen-bond acceptors (Lipinski definition) is 5. The normalized spacial score (nSPS) is 10.7. The molecule has 1 aromatic carbocycles. The van der Waals surface area contributed by atoms with Crippen LogP contribution in [0.5, 0.6) is 0 Å². The van der Waals surface area contributed by atoms with Gasteiger partial charge in [-0.2, -0.15) is 5.26 Å². The van der Waals surface area contributed by atoms with Crippen LogP contribution < -0.4 is 5.32 Å². The predicted octanol–water partition coefficient (Wildman–Crippen LogP) is 3.91. The zero-order chi connectivity index (χ0) is 21.0. The molecule has 0 aliphatic carbocycles. The van der Waals surface area contributed by atoms with Crippen LogP contribution in [0.2, 0.25) is 0 Å². The molecule has 0 atom stereocenters. The fraction of sp³-hybridized carbons (Fsp3) is 0.300. The Balaban J connectivity index is 1.83. The summed E-state index contributed by atoms with van der Waals surface area (Å²) in [6, 6.07) is 8.16. The fourth-order valence-electron chi connectivity index (χ4n) is 2.99. The van der Waals surface area contributed by atoms with Gasteiger partial charge in [0.25, 0.3) is 0 Å². The summed E-state index contributed by atoms with van der Waals surface area (Å²) in [4.78, 5) is 16.9. The molecule has 0 radical (unpaired) electrons. The van der Waals surface area contributed by atoms with Gasteiger partial charge in [-0.25, -0.2) is 9.37 Å². The van der Waals surface area contributed by atoms with Gasteiger partial charge in [-0.15, -0.1) is 5.10 Å². The molecule has 2 heterocycles. The number of anilines is 1. The quantitative estimate of drug-likeness (QED) is 0.573. The number of hydrogen-bond donors (Lipinski definition) is 2. The Morgan fingerprint density at radius 3 is 2.90 bits per heavy atom. The molecule has 0 spiro atoms. The van der Waals surface area contributed by atoms with Gasteiger partial charge in [0.2, 0.25) is 11.1 Å². The first-order valence-corrected chi connectivity index (χ1v) is 10.1. The first kappa shape index (κ1) is 20.6. The summed E-state index contributed by atoms with van der Waals surface area (Å²) < 4.78 is 15.4. The number of nitrogens with zero attached hydrogens (tertiary/aromatic N) is 4. The zero-order valence-corrected chi connectivity index (χ0v) is 17.2. The second-order valence-electron chi connectivity index (χ2n) is 6.51. The summed E-state index contributed by atoms with van der Waals surface area (Å²) in [7, 11) is 0. The molecule has 0 aliphatic heterocycles. The average molecular weight is 412 g/mol. The second kappa shape index (κ2) is 8.92. The smallest absolute Gasteiger partial charge is 0.236 e. The van der Waals surface area contributed by atoms with Crippen LogP contribution in [-0.4, -0.2) is 31.4 Å². The number of carbonyl (C=O) groups is 1. The van der Waals surface area contributed by atoms with E-state index in [9.17, 15) is 14.4 Å². The Hall–Kier alpha value is -3.12. The number of nitriles is 1. The highest BCUT2D eigenvalue weighted by Gasteiger charge is 2.21. The summed E-state index contributed by atoms with van der Waals surface area (Å²) in [5.74, 6) is 0.505. The van der Waals surface area contributed by atoms with Crippen molar-refractivity contribution in [2.24, 2.45) is 0 Å². The van der Waals surface area contributed by atoms with E-state index in [4.69, 9.17) is 0 Å². The number of nitrogens with one attached hydrogen (secondary N) is 2. The van der Waals surface area contributed by atoms with Gasteiger partial charge in [0.15, 0.2) is 0 Å². The van der Waals surface area contributed by atoms with Crippen LogP contribution in [0.4, 0.5) is 10.2 Å². The Kier molecular flexibility index (Phi) is 6.34. The van der Waals surface area contributed by atoms with Gasteiger partial charge >= 0.3 is 0 Å². The van der Waals surface area contributed by atoms with E-state index in [-0.39, 0.29) is 11.7 Å². The van der Waals surface area contributed by atoms with E-state index in [1.807, 2.05) is 13.8 Å². The van der Waals surface area contributed by atoms with E-state index in [0.29, 0.717) is 22.2 Å². The number of thioether (sulfide) groups is 1. The molecule has 0 unspecified atom stereocenters. The highest BCUT2D eigenvalue weighted by molar-refractivity contribution is 7.99. The van der Waals surface area contributed by atoms with Gasteiger partial charge in [-0.1, -0.05) is 24.8 Å². The molecule has 2 N–H and O–H groups in total. The van der Waals surface area contributed by atoms with Gasteiger partial charge in [-0.05, 0) is 44.0 Å². The highest BCUT2D eigenvalue weighted by atomic mass is 32.2. The molecule has 0 aliphatic rings. The number of amides is 1. The molecule has 2 aromatic heterocycles. The highest BCUT2D eigenvalue weighted by Crippen LogP contribution is 2.30. The van der Waals surface area contributed by atoms with Crippen LogP contribution in [0.3, 0.4) is 0 Å². The number of H-pyrrole nitrogens is 1. The van der Waals surface area contributed by atoms with Crippen molar-refractivity contribution in [1.29, 1.82) is 5.26 Å². The number of aryl methyl sites for hydroxylation is 1. The molecular formula is C20H21FN6OS. The molecule has 7 nitrogen and oxygen atoms in total. The molecule has 150 valence electrons. The Bertz CT molecular complexity index is 1080. The van der Waals surface area contributed by atoms with E-state index >= 15 is 0 Å². The molecule has 1 amide bonds. The summed E-state index contributed by atoms with van der Waals surface area (Å²) in [6.07, 6.45) is 1.75. The third-order valence-electron chi connectivity index (χ3n) is 4.48. The third kappa shape index (κ3) is 4.49. The molecule has 0 saturated carbocycles. The van der Waals surface area contributed by atoms with Gasteiger partial charge in [0.05, 0.1) is 17.0 Å². The van der Waals surface area contributed by atoms with Gasteiger partial charge in [-0.3, -0.25) is 14.5 Å². The average Bonchev–Trinajstić information content (AvgIpc) is 3.23. The Morgan fingerprint density at radius 2 is 2.21 bits per heavy atom. The molecule has 3 aromatic rings. The SMILES string of the molecule is CCCc1nc(SCC(=O)Nc2c(C#N)c(C)c(C)n2-c2cccc(F)c2)n[nH]1. The molecule has 29 heavy (non-hydrogen) atoms. The van der Waals surface area contributed by atoms with Crippen molar-refractivity contribution in [2.45, 2.75) is 38.8 Å². The molecule has 0 saturated heterocycles. The summed E-state index contributed by atoms with van der Waals surface area (Å²) in [6.45, 7) is 5.68. The van der Waals surface area contributed by atoms with Crippen LogP contribution in [0, 0.1) is 31.0 Å². The van der Waals surface area contributed by atoms with E-state index in [2.05, 4.69) is 26.6 Å². The first-order chi connectivity index (χ1) is 13.9. The fourth-order valence-corrected chi connectivity index (χ4v) is 3.61. The lowest BCUT2D eigenvalue weighted by Gasteiger charge is -2.13. The van der Waals surface area contributed by atoms with E-state index in [0.717, 1.165) is 29.9 Å². The maximum Gasteiger partial charge on any atom is 0.236 e. The van der Waals surface area contributed by atoms with Crippen LogP contribution >= 0.6 is 11.8 Å². The number of aromatic nitrogens is 4. The van der Waals surface area contributed by atoms with Crippen molar-refractivity contribution in [3.05, 3.63) is 52.7 Å². The van der Waals surface area contributed by atoms with Crippen molar-refractivity contribution >= 4 is 23.5 Å². The third-order valence-corrected chi connectivity index (χ3v) is 5.33. The van der Waals surface area contributed by atoms with Crippen LogP contribution in [0.1, 0.15) is 36.0 Å². The largest absolute Gasteiger partial charge is 0.310 e. The number of benzene rings is 1. The number of carbonyl (C=O) groups excluding carboxylic acids is 1. The topological polar surface area (TPSA) is 99.4 Å². The van der Waals surface area contributed by atoms with E-state index in [1.165, 1.54) is 23.9 Å². The summed E-state index contributed by atoms with van der Waals surface area (Å²) in [5, 5.41) is 19.8. The van der Waals surface area contributed by atoms with Crippen LogP contribution in [0.25, 0.3) is 5.69 Å². The minimum atomic E-state index is -0.396. The summed E-state index contributed by atoms with van der Waals surface area (Å²) in [5.41, 5.74) is 2.38. The lowest BCUT2D eigenvalue weighted by molar-refractivity contribution is -0.113. The van der Waals surface area contributed by atoms with Crippen molar-refractivity contribution in [3.8, 4) is 11.8 Å². The molecule has 3 rings (SSSR count). The van der Waals surface area contributed by atoms with Crippen molar-refractivity contribution in [3.63, 3.8) is 0 Å². The van der Waals surface area contributed by atoms with Crippen LogP contribution in [-0.2, 0) is 11.2 Å². The van der Waals surface area contributed by atoms with Crippen molar-refractivity contribution in [1.82, 2.24) is 19.7 Å². The van der Waals surface area contributed by atoms with E-state index < -0.39 is 5.82 Å². The maximum atomic E-state index is 13.7. The number of halogens is 1. The minimum Gasteiger partial charge on any atom is -0.310 e. The second-order valence-corrected chi connectivity index (χ2v) is 7.46. The van der Waals surface area contributed by atoms with Crippen molar-refractivity contribution < 1.29 is 9.18 Å². The molecular weight excluding hydrogens is 391 g/mol. The molecule has 0 fully saturated rings.